The highest BCUT2D eigenvalue weighted by Crippen LogP contribution is 2.23. The summed E-state index contributed by atoms with van der Waals surface area (Å²) >= 11 is 0. The number of nitrogens with zero attached hydrogens (tertiary/aromatic N) is 3. The lowest BCUT2D eigenvalue weighted by molar-refractivity contribution is 0.318. The molecule has 0 radical (unpaired) electrons. The molecule has 6 nitrogen and oxygen atoms in total. The first kappa shape index (κ1) is 19.0. The van der Waals surface area contributed by atoms with E-state index in [-0.39, 0.29) is 0 Å². The highest BCUT2D eigenvalue weighted by Gasteiger charge is 2.10. The standard InChI is InChI=1S/C23H24N4O2/c1-24-14-15-29-20-10-6-17(7-11-20)16-22-25-23-5-3-4-21(27(23)26-22)18-8-12-19(28-2)13-9-18/h3-13,24H,14-16H2,1-2H3. The number of benzene rings is 2. The van der Waals surface area contributed by atoms with Gasteiger partial charge < -0.3 is 14.8 Å². The van der Waals surface area contributed by atoms with Crippen LogP contribution in [0.4, 0.5) is 0 Å². The molecule has 1 N–H and O–H groups in total. The summed E-state index contributed by atoms with van der Waals surface area (Å²) in [7, 11) is 3.58. The van der Waals surface area contributed by atoms with Crippen LogP contribution < -0.4 is 14.8 Å². The zero-order valence-electron chi connectivity index (χ0n) is 16.6. The van der Waals surface area contributed by atoms with Crippen LogP contribution in [-0.4, -0.2) is 41.9 Å². The Hall–Kier alpha value is -3.38. The van der Waals surface area contributed by atoms with Gasteiger partial charge in [0.25, 0.3) is 0 Å². The Kier molecular flexibility index (Phi) is 5.72. The van der Waals surface area contributed by atoms with Crippen molar-refractivity contribution in [1.82, 2.24) is 19.9 Å². The molecule has 0 unspecified atom stereocenters. The molecule has 0 saturated heterocycles. The Bertz CT molecular complexity index is 1070. The Balaban J connectivity index is 1.54. The van der Waals surface area contributed by atoms with Crippen molar-refractivity contribution in [1.29, 1.82) is 0 Å². The molecule has 0 saturated carbocycles. The van der Waals surface area contributed by atoms with Crippen molar-refractivity contribution in [3.05, 3.63) is 78.1 Å². The van der Waals surface area contributed by atoms with Gasteiger partial charge in [-0.15, -0.1) is 0 Å². The smallest absolute Gasteiger partial charge is 0.156 e. The summed E-state index contributed by atoms with van der Waals surface area (Å²) < 4.78 is 12.8. The minimum absolute atomic E-state index is 0.651. The summed E-state index contributed by atoms with van der Waals surface area (Å²) in [5.74, 6) is 2.49. The second-order valence-corrected chi connectivity index (χ2v) is 6.71. The third-order valence-corrected chi connectivity index (χ3v) is 4.70. The van der Waals surface area contributed by atoms with Gasteiger partial charge in [0.1, 0.15) is 18.1 Å². The normalized spacial score (nSPS) is 11.0. The molecular formula is C23H24N4O2. The molecule has 148 valence electrons. The quantitative estimate of drug-likeness (QED) is 0.468. The zero-order valence-corrected chi connectivity index (χ0v) is 16.6. The zero-order chi connectivity index (χ0) is 20.1. The van der Waals surface area contributed by atoms with Gasteiger partial charge in [0.2, 0.25) is 0 Å². The van der Waals surface area contributed by atoms with Crippen LogP contribution in [0.1, 0.15) is 11.4 Å². The minimum atomic E-state index is 0.651. The van der Waals surface area contributed by atoms with Crippen LogP contribution in [0.15, 0.2) is 66.7 Å². The van der Waals surface area contributed by atoms with E-state index in [1.807, 2.05) is 66.2 Å². The van der Waals surface area contributed by atoms with Crippen molar-refractivity contribution in [2.45, 2.75) is 6.42 Å². The minimum Gasteiger partial charge on any atom is -0.497 e. The van der Waals surface area contributed by atoms with Crippen molar-refractivity contribution in [2.75, 3.05) is 27.3 Å². The molecule has 0 atom stereocenters. The topological polar surface area (TPSA) is 60.7 Å². The monoisotopic (exact) mass is 388 g/mol. The fourth-order valence-corrected chi connectivity index (χ4v) is 3.16. The Morgan fingerprint density at radius 2 is 1.69 bits per heavy atom. The third-order valence-electron chi connectivity index (χ3n) is 4.70. The van der Waals surface area contributed by atoms with E-state index in [1.165, 1.54) is 0 Å². The van der Waals surface area contributed by atoms with Gasteiger partial charge in [-0.05, 0) is 61.1 Å². The van der Waals surface area contributed by atoms with Crippen molar-refractivity contribution in [3.63, 3.8) is 0 Å². The summed E-state index contributed by atoms with van der Waals surface area (Å²) in [4.78, 5) is 4.70. The van der Waals surface area contributed by atoms with Gasteiger partial charge in [0.05, 0.1) is 12.8 Å². The molecule has 0 aliphatic rings. The fourth-order valence-electron chi connectivity index (χ4n) is 3.16. The number of hydrogen-bond donors (Lipinski definition) is 1. The number of fused-ring (bicyclic) bond motifs is 1. The van der Waals surface area contributed by atoms with Crippen LogP contribution in [0.25, 0.3) is 16.9 Å². The van der Waals surface area contributed by atoms with Gasteiger partial charge in [-0.3, -0.25) is 0 Å². The second kappa shape index (κ2) is 8.75. The molecule has 2 aromatic carbocycles. The Labute approximate surface area is 170 Å². The van der Waals surface area contributed by atoms with Gasteiger partial charge in [-0.25, -0.2) is 9.50 Å². The summed E-state index contributed by atoms with van der Waals surface area (Å²) in [5, 5.41) is 7.81. The van der Waals surface area contributed by atoms with E-state index >= 15 is 0 Å². The van der Waals surface area contributed by atoms with Gasteiger partial charge in [-0.2, -0.15) is 5.10 Å². The maximum absolute atomic E-state index is 5.67. The molecular weight excluding hydrogens is 364 g/mol. The van der Waals surface area contributed by atoms with Gasteiger partial charge in [0, 0.05) is 18.5 Å². The maximum atomic E-state index is 5.67. The molecule has 29 heavy (non-hydrogen) atoms. The van der Waals surface area contributed by atoms with E-state index in [0.29, 0.717) is 13.0 Å². The number of ether oxygens (including phenoxy) is 2. The van der Waals surface area contributed by atoms with E-state index in [4.69, 9.17) is 19.6 Å². The molecule has 0 spiro atoms. The lowest BCUT2D eigenvalue weighted by Crippen LogP contribution is -2.15. The summed E-state index contributed by atoms with van der Waals surface area (Å²) in [5.41, 5.74) is 4.04. The first-order valence-corrected chi connectivity index (χ1v) is 9.62. The van der Waals surface area contributed by atoms with E-state index < -0.39 is 0 Å². The first-order valence-electron chi connectivity index (χ1n) is 9.62. The molecule has 0 fully saturated rings. The average molecular weight is 388 g/mol. The summed E-state index contributed by atoms with van der Waals surface area (Å²) in [6, 6.07) is 22.1. The molecule has 0 aliphatic carbocycles. The molecule has 4 rings (SSSR count). The molecule has 2 heterocycles. The predicted molar refractivity (Wildman–Crippen MR) is 114 cm³/mol. The van der Waals surface area contributed by atoms with Crippen molar-refractivity contribution in [3.8, 4) is 22.8 Å². The number of rotatable bonds is 8. The van der Waals surface area contributed by atoms with Crippen molar-refractivity contribution < 1.29 is 9.47 Å². The van der Waals surface area contributed by atoms with Gasteiger partial charge in [-0.1, -0.05) is 18.2 Å². The maximum Gasteiger partial charge on any atom is 0.156 e. The number of methoxy groups -OCH3 is 1. The highest BCUT2D eigenvalue weighted by molar-refractivity contribution is 5.63. The summed E-state index contributed by atoms with van der Waals surface area (Å²) in [6.45, 7) is 1.47. The Morgan fingerprint density at radius 1 is 0.931 bits per heavy atom. The van der Waals surface area contributed by atoms with Crippen LogP contribution in [0, 0.1) is 0 Å². The Morgan fingerprint density at radius 3 is 2.41 bits per heavy atom. The number of hydrogen-bond acceptors (Lipinski definition) is 5. The number of nitrogens with one attached hydrogen (secondary N) is 1. The van der Waals surface area contributed by atoms with E-state index in [0.717, 1.165) is 46.3 Å². The van der Waals surface area contributed by atoms with E-state index in [2.05, 4.69) is 17.4 Å². The molecule has 4 aromatic rings. The van der Waals surface area contributed by atoms with Crippen molar-refractivity contribution >= 4 is 5.65 Å². The number of likely N-dealkylation sites (N-methyl/N-ethyl adjacent to an activating group) is 1. The first-order chi connectivity index (χ1) is 14.3. The molecule has 0 amide bonds. The molecule has 0 aliphatic heterocycles. The van der Waals surface area contributed by atoms with Crippen LogP contribution >= 0.6 is 0 Å². The van der Waals surface area contributed by atoms with Gasteiger partial charge in [0.15, 0.2) is 11.5 Å². The molecule has 6 heteroatoms. The lowest BCUT2D eigenvalue weighted by atomic mass is 10.1. The fraction of sp³-hybridized carbons (Fsp3) is 0.217. The second-order valence-electron chi connectivity index (χ2n) is 6.71. The van der Waals surface area contributed by atoms with Crippen LogP contribution in [-0.2, 0) is 6.42 Å². The molecule has 2 aromatic heterocycles. The predicted octanol–water partition coefficient (Wildman–Crippen LogP) is 3.59. The molecule has 0 bridgehead atoms. The number of aromatic nitrogens is 3. The van der Waals surface area contributed by atoms with Crippen LogP contribution in [0.3, 0.4) is 0 Å². The van der Waals surface area contributed by atoms with Crippen LogP contribution in [0.2, 0.25) is 0 Å². The van der Waals surface area contributed by atoms with E-state index in [9.17, 15) is 0 Å². The van der Waals surface area contributed by atoms with Crippen LogP contribution in [0.5, 0.6) is 11.5 Å². The number of pyridine rings is 1. The third kappa shape index (κ3) is 4.38. The largest absolute Gasteiger partial charge is 0.497 e. The van der Waals surface area contributed by atoms with E-state index in [1.54, 1.807) is 7.11 Å². The van der Waals surface area contributed by atoms with Gasteiger partial charge >= 0.3 is 0 Å². The van der Waals surface area contributed by atoms with Crippen molar-refractivity contribution in [2.24, 2.45) is 0 Å². The summed E-state index contributed by atoms with van der Waals surface area (Å²) in [6.07, 6.45) is 0.667. The average Bonchev–Trinajstić information content (AvgIpc) is 3.18. The highest BCUT2D eigenvalue weighted by atomic mass is 16.5. The SMILES string of the molecule is CNCCOc1ccc(Cc2nc3cccc(-c4ccc(OC)cc4)n3n2)cc1. The lowest BCUT2D eigenvalue weighted by Gasteiger charge is -2.06.